The molecule has 30 aliphatic rings. The first-order chi connectivity index (χ1) is 51.4. The zero-order valence-electron chi connectivity index (χ0n) is 55.6. The molecule has 111 heavy (non-hydrogen) atoms. The van der Waals surface area contributed by atoms with Gasteiger partial charge in [-0.1, -0.05) is 0 Å². The Morgan fingerprint density at radius 1 is 0.216 bits per heavy atom. The molecule has 16 bridgehead atoms. The molecule has 30 rings (SSSR count). The second kappa shape index (κ2) is 36.1. The lowest BCUT2D eigenvalue weighted by Gasteiger charge is -2.50. The molecular formula is C54H80F13O43S-. The van der Waals surface area contributed by atoms with Gasteiger partial charge in [0.25, 0.3) is 0 Å². The van der Waals surface area contributed by atoms with Gasteiger partial charge >= 0.3 is 35.1 Å². The highest BCUT2D eigenvalue weighted by Gasteiger charge is 2.92. The molecule has 57 heteroatoms. The molecule has 0 amide bonds. The Morgan fingerprint density at radius 2 is 0.342 bits per heavy atom. The van der Waals surface area contributed by atoms with Crippen molar-refractivity contribution in [3.8, 4) is 0 Å². The smallest absolute Gasteiger partial charge is 0.460 e. The highest BCUT2D eigenvalue weighted by Crippen LogP contribution is 2.61. The number of hydrogen-bond donors (Lipinski definition) is 24. The normalized spacial score (nSPS) is 47.3. The van der Waals surface area contributed by atoms with E-state index in [1.807, 2.05) is 0 Å². The van der Waals surface area contributed by atoms with Crippen molar-refractivity contribution < 1.29 is 268 Å². The standard InChI is InChI=1S/C48H80O40.C6HF13O3S/c49-1-9-33-17(57)25(65)41(73-9)82-34-10(2-50)75-43(27(67)19(34)59)84-36-12(4-52)77-45(29(69)21(36)61)86-38-14(6-54)79-47(31(71)23(38)63)88-40-16(8-56)80-48(32(72)24(40)64)87-39-15(7-55)78-46(30(70)22(39)62)85-37-13(5-53)76-44(28(68)20(37)60)83-35-11(3-51)74-42(81-33)26(66)18(35)58;7-1(8,3(11,12)5(15,16)17)2(9,10)4(13,14)6(18,19)23(20,21)22/h9-72H,1-8H2;(H,20,21,22)/p-1/t9-,10-,11-,12-,13-,14-,15-,16-,17-,18-,19-,20-,21-,22-,23-,24-,25-,26-,27-,28-,29-,30-,31-,32-,33-,34-,35-,36-,37-,38-,39-,40-,41-,42-,43-,44-,45-,46-,47-,48-;/m1./s1. The first-order valence-electron chi connectivity index (χ1n) is 32.5. The second-order valence-electron chi connectivity index (χ2n) is 26.2. The van der Waals surface area contributed by atoms with Gasteiger partial charge in [0, 0.05) is 0 Å². The van der Waals surface area contributed by atoms with Crippen molar-refractivity contribution in [2.75, 3.05) is 52.9 Å². The molecule has 652 valence electrons. The van der Waals surface area contributed by atoms with Crippen molar-refractivity contribution in [2.45, 2.75) is 281 Å². The third-order valence-electron chi connectivity index (χ3n) is 19.1. The van der Waals surface area contributed by atoms with Gasteiger partial charge < -0.3 is 203 Å². The summed E-state index contributed by atoms with van der Waals surface area (Å²) in [6.07, 6.45) is -89.6. The van der Waals surface area contributed by atoms with Crippen LogP contribution < -0.4 is 0 Å². The Kier molecular flexibility index (Phi) is 30.6. The zero-order chi connectivity index (χ0) is 83.6. The van der Waals surface area contributed by atoms with Gasteiger partial charge in [-0.2, -0.15) is 57.1 Å². The van der Waals surface area contributed by atoms with Crippen molar-refractivity contribution in [2.24, 2.45) is 0 Å². The summed E-state index contributed by atoms with van der Waals surface area (Å²) >= 11 is 0. The van der Waals surface area contributed by atoms with Crippen LogP contribution in [0.15, 0.2) is 0 Å². The third kappa shape index (κ3) is 17.7. The average Bonchev–Trinajstić information content (AvgIpc) is 0.702. The molecule has 0 spiro atoms. The summed E-state index contributed by atoms with van der Waals surface area (Å²) in [5, 5.41) is 257. The van der Waals surface area contributed by atoms with Crippen LogP contribution in [0.3, 0.4) is 0 Å². The maximum atomic E-state index is 12.7. The lowest BCUT2D eigenvalue weighted by molar-refractivity contribution is -0.433. The van der Waals surface area contributed by atoms with Crippen molar-refractivity contribution >= 4 is 10.1 Å². The van der Waals surface area contributed by atoms with Crippen LogP contribution in [-0.2, 0) is 85.9 Å². The van der Waals surface area contributed by atoms with E-state index >= 15 is 0 Å². The molecule has 24 N–H and O–H groups in total. The van der Waals surface area contributed by atoms with Crippen LogP contribution in [0.4, 0.5) is 57.1 Å². The zero-order valence-corrected chi connectivity index (χ0v) is 56.4. The summed E-state index contributed by atoms with van der Waals surface area (Å²) in [5.41, 5.74) is 0. The van der Waals surface area contributed by atoms with E-state index in [-0.39, 0.29) is 0 Å². The number of aliphatic hydroxyl groups excluding tert-OH is 24. The van der Waals surface area contributed by atoms with E-state index in [4.69, 9.17) is 75.8 Å². The highest BCUT2D eigenvalue weighted by atomic mass is 32.2. The van der Waals surface area contributed by atoms with Crippen LogP contribution in [0.2, 0.25) is 0 Å². The van der Waals surface area contributed by atoms with Crippen LogP contribution in [0.25, 0.3) is 0 Å². The van der Waals surface area contributed by atoms with Gasteiger partial charge in [0.1, 0.15) is 195 Å². The molecule has 0 radical (unpaired) electrons. The van der Waals surface area contributed by atoms with Crippen molar-refractivity contribution in [3.05, 3.63) is 0 Å². The highest BCUT2D eigenvalue weighted by molar-refractivity contribution is 7.86. The van der Waals surface area contributed by atoms with Gasteiger partial charge in [0.05, 0.1) is 52.9 Å². The number of hydrogen-bond acceptors (Lipinski definition) is 43. The lowest BCUT2D eigenvalue weighted by atomic mass is 9.94. The van der Waals surface area contributed by atoms with Gasteiger partial charge in [-0.05, 0) is 0 Å². The Balaban J connectivity index is 0.000000580. The quantitative estimate of drug-likeness (QED) is 0.0601. The van der Waals surface area contributed by atoms with Gasteiger partial charge in [-0.25, -0.2) is 8.42 Å². The summed E-state index contributed by atoms with van der Waals surface area (Å²) in [6.45, 7) is -8.64. The Morgan fingerprint density at radius 3 is 0.450 bits per heavy atom. The maximum Gasteiger partial charge on any atom is 0.460 e. The van der Waals surface area contributed by atoms with Gasteiger partial charge in [0.15, 0.2) is 60.4 Å². The Hall–Kier alpha value is -2.60. The van der Waals surface area contributed by atoms with Crippen LogP contribution in [0.1, 0.15) is 0 Å². The summed E-state index contributed by atoms with van der Waals surface area (Å²) in [6, 6.07) is 0. The molecule has 0 aliphatic carbocycles. The molecule has 30 heterocycles. The third-order valence-corrected chi connectivity index (χ3v) is 20.0. The predicted octanol–water partition coefficient (Wildman–Crippen LogP) is -14.2. The number of rotatable bonds is 13. The Bertz CT molecular complexity index is 2630. The largest absolute Gasteiger partial charge is 0.743 e. The summed E-state index contributed by atoms with van der Waals surface area (Å²) in [4.78, 5) is 0. The first kappa shape index (κ1) is 93.9. The van der Waals surface area contributed by atoms with Gasteiger partial charge in [-0.3, -0.25) is 0 Å². The van der Waals surface area contributed by atoms with E-state index in [0.717, 1.165) is 0 Å². The molecule has 0 aromatic carbocycles. The van der Waals surface area contributed by atoms with Crippen LogP contribution in [0.5, 0.6) is 0 Å². The monoisotopic (exact) mass is 1700 g/mol. The number of halogens is 13. The van der Waals surface area contributed by atoms with Crippen LogP contribution in [-0.4, -0.2) is 469 Å². The van der Waals surface area contributed by atoms with Crippen molar-refractivity contribution in [1.29, 1.82) is 0 Å². The molecule has 43 nitrogen and oxygen atoms in total. The van der Waals surface area contributed by atoms with Crippen molar-refractivity contribution in [1.82, 2.24) is 0 Å². The van der Waals surface area contributed by atoms with E-state index < -0.39 is 344 Å². The summed E-state index contributed by atoms with van der Waals surface area (Å²) in [7, 11) is -7.86. The maximum absolute atomic E-state index is 12.7. The Labute approximate surface area is 611 Å². The van der Waals surface area contributed by atoms with E-state index in [1.165, 1.54) is 0 Å². The van der Waals surface area contributed by atoms with E-state index in [9.17, 15) is 193 Å². The fourth-order valence-electron chi connectivity index (χ4n) is 12.8. The fraction of sp³-hybridized carbons (Fsp3) is 1.00. The topological polar surface area (TPSA) is 690 Å². The first-order valence-corrected chi connectivity index (χ1v) is 34.0. The molecule has 30 aliphatic heterocycles. The molecule has 0 saturated carbocycles. The number of alkyl halides is 13. The SMILES string of the molecule is O=S(=O)([O-])C(F)(F)C(F)(F)C(F)(F)C(F)(F)C(F)(F)C(F)(F)F.OC[C@H]1O[C@@H]2O[C@H]3[C@H](O)[C@@H](O)[C@@H](O[C@H]4[C@H](O)[C@@H](O)[C@@H](O[C@H]5[C@H](O)[C@@H](O)[C@@H](O[C@H]6[C@H](O)[C@@H](O)[C@@H](O[C@H]7[C@H](O)[C@@H](O)[C@@H](O[C@H]8[C@H](O)[C@@H](O)[C@@H](O[C@H]9[C@H](O)[C@@H](O)[C@@H](O[C@H]1[C@H](O)[C@H]2O)O[C@@H]9CO)O[C@@H]8CO)O[C@@H]7CO)O[C@@H]6CO)O[C@@H]5CO)O[C@@H]4CO)O[C@@H]3CO. The molecule has 30 saturated heterocycles. The predicted molar refractivity (Wildman–Crippen MR) is 302 cm³/mol. The summed E-state index contributed by atoms with van der Waals surface area (Å²) < 4.78 is 280. The molecule has 0 aromatic heterocycles. The fourth-order valence-corrected chi connectivity index (χ4v) is 13.3. The minimum absolute atomic E-state index is 1.08. The molecule has 30 fully saturated rings. The number of ether oxygens (including phenoxy) is 16. The van der Waals surface area contributed by atoms with E-state index in [1.54, 1.807) is 0 Å². The van der Waals surface area contributed by atoms with Gasteiger partial charge in [0.2, 0.25) is 0 Å². The summed E-state index contributed by atoms with van der Waals surface area (Å²) in [5.74, 6) is -32.6. The molecular weight excluding hydrogens is 1620 g/mol. The van der Waals surface area contributed by atoms with E-state index in [2.05, 4.69) is 0 Å². The lowest BCUT2D eigenvalue weighted by Crippen LogP contribution is -2.71. The average molecular weight is 1700 g/mol. The van der Waals surface area contributed by atoms with E-state index in [0.29, 0.717) is 0 Å². The minimum Gasteiger partial charge on any atom is -0.743 e. The molecule has 0 aromatic rings. The van der Waals surface area contributed by atoms with Crippen LogP contribution >= 0.6 is 0 Å². The number of aliphatic hydroxyl groups is 24. The molecule has 0 unspecified atom stereocenters. The minimum atomic E-state index is -8.29. The van der Waals surface area contributed by atoms with Crippen molar-refractivity contribution in [3.63, 3.8) is 0 Å². The van der Waals surface area contributed by atoms with Crippen LogP contribution in [0, 0.1) is 0 Å². The second-order valence-corrected chi connectivity index (χ2v) is 27.6. The van der Waals surface area contributed by atoms with Gasteiger partial charge in [-0.15, -0.1) is 0 Å². The molecule has 40 atom stereocenters.